The molecule has 0 bridgehead atoms. The molecule has 0 saturated heterocycles. The molecular formula is C20H39N2NaO5. The molecule has 0 fully saturated rings. The van der Waals surface area contributed by atoms with Gasteiger partial charge < -0.3 is 22.7 Å². The zero-order valence-corrected chi connectivity index (χ0v) is 19.8. The van der Waals surface area contributed by atoms with Crippen LogP contribution in [0, 0.1) is 5.92 Å². The summed E-state index contributed by atoms with van der Waals surface area (Å²) in [4.78, 5) is 34.7. The third kappa shape index (κ3) is 16.3. The number of carbonyl (C=O) groups is 3. The summed E-state index contributed by atoms with van der Waals surface area (Å²) in [6.45, 7) is 2.65. The molecule has 0 aliphatic heterocycles. The molecule has 1 unspecified atom stereocenters. The van der Waals surface area contributed by atoms with E-state index in [0.29, 0.717) is 32.2 Å². The maximum atomic E-state index is 12.1. The molecule has 0 saturated carbocycles. The fourth-order valence-electron chi connectivity index (χ4n) is 3.06. The van der Waals surface area contributed by atoms with Crippen molar-refractivity contribution in [1.82, 2.24) is 5.32 Å². The number of nitrogens with one attached hydrogen (secondary N) is 1. The van der Waals surface area contributed by atoms with E-state index in [0.717, 1.165) is 19.3 Å². The minimum atomic E-state index is -1.10. The molecule has 160 valence electrons. The van der Waals surface area contributed by atoms with Gasteiger partial charge in [0.1, 0.15) is 6.04 Å². The van der Waals surface area contributed by atoms with E-state index in [2.05, 4.69) is 12.2 Å². The summed E-state index contributed by atoms with van der Waals surface area (Å²) in [7, 11) is 0. The van der Waals surface area contributed by atoms with Crippen LogP contribution >= 0.6 is 0 Å². The van der Waals surface area contributed by atoms with Gasteiger partial charge in [-0.05, 0) is 32.2 Å². The van der Waals surface area contributed by atoms with Crippen LogP contribution in [0.25, 0.3) is 0 Å². The van der Waals surface area contributed by atoms with Crippen LogP contribution in [-0.2, 0) is 14.4 Å². The second-order valence-electron chi connectivity index (χ2n) is 7.25. The maximum Gasteiger partial charge on any atom is 1.00 e. The van der Waals surface area contributed by atoms with E-state index in [9.17, 15) is 24.6 Å². The van der Waals surface area contributed by atoms with Crippen molar-refractivity contribution < 1.29 is 55.6 Å². The van der Waals surface area contributed by atoms with Crippen LogP contribution in [-0.4, -0.2) is 40.6 Å². The van der Waals surface area contributed by atoms with Crippen LogP contribution < -0.4 is 40.6 Å². The number of hydrogen-bond acceptors (Lipinski definition) is 4. The molecule has 0 aromatic carbocycles. The van der Waals surface area contributed by atoms with Gasteiger partial charge in [-0.1, -0.05) is 58.3 Å². The first-order chi connectivity index (χ1) is 12.9. The van der Waals surface area contributed by atoms with Gasteiger partial charge in [0.05, 0.1) is 5.92 Å². The Morgan fingerprint density at radius 3 is 1.89 bits per heavy atom. The van der Waals surface area contributed by atoms with Crippen molar-refractivity contribution in [1.29, 1.82) is 0 Å². The van der Waals surface area contributed by atoms with E-state index in [1.165, 1.54) is 32.1 Å². The van der Waals surface area contributed by atoms with Crippen molar-refractivity contribution in [3.05, 3.63) is 0 Å². The largest absolute Gasteiger partial charge is 1.00 e. The van der Waals surface area contributed by atoms with Crippen LogP contribution in [0.4, 0.5) is 0 Å². The molecule has 8 heteroatoms. The number of carboxylic acids is 2. The summed E-state index contributed by atoms with van der Waals surface area (Å²) < 4.78 is 0. The van der Waals surface area contributed by atoms with Crippen LogP contribution in [0.2, 0.25) is 0 Å². The predicted octanol–water partition coefficient (Wildman–Crippen LogP) is 0.423. The summed E-state index contributed by atoms with van der Waals surface area (Å²) in [5.74, 6) is -3.37. The summed E-state index contributed by atoms with van der Waals surface area (Å²) in [6.07, 6.45) is 10.8. The normalized spacial score (nSPS) is 12.6. The van der Waals surface area contributed by atoms with E-state index >= 15 is 0 Å². The van der Waals surface area contributed by atoms with Gasteiger partial charge in [0, 0.05) is 6.42 Å². The summed E-state index contributed by atoms with van der Waals surface area (Å²) in [5.41, 5.74) is 5.39. The molecule has 7 nitrogen and oxygen atoms in total. The van der Waals surface area contributed by atoms with Gasteiger partial charge in [-0.15, -0.1) is 0 Å². The minimum Gasteiger partial charge on any atom is -1.00 e. The quantitative estimate of drug-likeness (QED) is 0.191. The minimum absolute atomic E-state index is 0. The Hall–Kier alpha value is -0.630. The van der Waals surface area contributed by atoms with Crippen LogP contribution in [0.3, 0.4) is 0 Å². The number of amides is 1. The van der Waals surface area contributed by atoms with E-state index in [1.54, 1.807) is 0 Å². The molecule has 0 aromatic rings. The van der Waals surface area contributed by atoms with Gasteiger partial charge in [0.25, 0.3) is 0 Å². The molecule has 5 N–H and O–H groups in total. The first-order valence-corrected chi connectivity index (χ1v) is 10.4. The molecule has 0 aliphatic rings. The van der Waals surface area contributed by atoms with Crippen molar-refractivity contribution in [2.24, 2.45) is 11.7 Å². The first kappa shape index (κ1) is 29.6. The molecular weight excluding hydrogens is 371 g/mol. The zero-order valence-electron chi connectivity index (χ0n) is 18.8. The van der Waals surface area contributed by atoms with Crippen LogP contribution in [0.5, 0.6) is 0 Å². The van der Waals surface area contributed by atoms with E-state index in [-0.39, 0.29) is 37.4 Å². The van der Waals surface area contributed by atoms with Crippen molar-refractivity contribution in [3.8, 4) is 0 Å². The fraction of sp³-hybridized carbons (Fsp3) is 0.850. The van der Waals surface area contributed by atoms with Gasteiger partial charge in [0.2, 0.25) is 5.91 Å². The van der Waals surface area contributed by atoms with E-state index < -0.39 is 29.8 Å². The summed E-state index contributed by atoms with van der Waals surface area (Å²) >= 11 is 0. The molecule has 0 heterocycles. The number of nitrogens with two attached hydrogens (primary N) is 1. The van der Waals surface area contributed by atoms with Crippen molar-refractivity contribution in [3.63, 3.8) is 0 Å². The number of hydrogen-bond donors (Lipinski definition) is 4. The first-order valence-electron chi connectivity index (χ1n) is 10.4. The predicted molar refractivity (Wildman–Crippen MR) is 107 cm³/mol. The van der Waals surface area contributed by atoms with Crippen molar-refractivity contribution in [2.75, 3.05) is 6.54 Å². The topological polar surface area (TPSA) is 130 Å². The standard InChI is InChI=1S/C20H38N2O5.Na.H/c1-2-3-4-5-6-7-8-9-12-16(19(24)25)15-18(23)22-17(20(26)27)13-10-11-14-21;;/h16-17H,2-15,21H2,1H3,(H,22,23)(H,24,25)(H,26,27);;/q;+1;-1/t16?,17-;;/m0../s1. The third-order valence-electron chi connectivity index (χ3n) is 4.77. The van der Waals surface area contributed by atoms with Crippen molar-refractivity contribution in [2.45, 2.75) is 96.4 Å². The van der Waals surface area contributed by atoms with Crippen molar-refractivity contribution >= 4 is 17.8 Å². The molecule has 0 rings (SSSR count). The monoisotopic (exact) mass is 410 g/mol. The van der Waals surface area contributed by atoms with Crippen LogP contribution in [0.15, 0.2) is 0 Å². The smallest absolute Gasteiger partial charge is 1.00 e. The Labute approximate surface area is 193 Å². The number of unbranched alkanes of at least 4 members (excludes halogenated alkanes) is 8. The molecule has 0 spiro atoms. The number of rotatable bonds is 18. The van der Waals surface area contributed by atoms with Gasteiger partial charge >= 0.3 is 41.5 Å². The van der Waals surface area contributed by atoms with Gasteiger partial charge in [-0.3, -0.25) is 9.59 Å². The maximum absolute atomic E-state index is 12.1. The molecule has 28 heavy (non-hydrogen) atoms. The molecule has 0 aliphatic carbocycles. The average molecular weight is 411 g/mol. The number of carbonyl (C=O) groups excluding carboxylic acids is 1. The molecule has 0 aromatic heterocycles. The second kappa shape index (κ2) is 19.7. The third-order valence-corrected chi connectivity index (χ3v) is 4.77. The Kier molecular flexibility index (Phi) is 20.8. The SMILES string of the molecule is CCCCCCCCCCC(CC(=O)N[C@@H](CCCCN)C(=O)O)C(=O)O.[H-].[Na+]. The van der Waals surface area contributed by atoms with Gasteiger partial charge in [0.15, 0.2) is 0 Å². The molecule has 1 amide bonds. The molecule has 0 radical (unpaired) electrons. The Morgan fingerprint density at radius 2 is 1.39 bits per heavy atom. The zero-order chi connectivity index (χ0) is 20.5. The number of carboxylic acid groups (broad SMARTS) is 2. The fourth-order valence-corrected chi connectivity index (χ4v) is 3.06. The second-order valence-corrected chi connectivity index (χ2v) is 7.25. The van der Waals surface area contributed by atoms with E-state index in [4.69, 9.17) is 5.73 Å². The Bertz CT molecular complexity index is 441. The van der Waals surface area contributed by atoms with E-state index in [1.807, 2.05) is 0 Å². The summed E-state index contributed by atoms with van der Waals surface area (Å²) in [6, 6.07) is -0.985. The van der Waals surface area contributed by atoms with Gasteiger partial charge in [-0.25, -0.2) is 4.79 Å². The number of aliphatic carboxylic acids is 2. The van der Waals surface area contributed by atoms with Crippen LogP contribution in [0.1, 0.15) is 91.8 Å². The van der Waals surface area contributed by atoms with Gasteiger partial charge in [-0.2, -0.15) is 0 Å². The Balaban J connectivity index is -0.00000338. The average Bonchev–Trinajstić information content (AvgIpc) is 2.61. The Morgan fingerprint density at radius 1 is 0.857 bits per heavy atom. The molecule has 2 atom stereocenters. The summed E-state index contributed by atoms with van der Waals surface area (Å²) in [5, 5.41) is 21.0.